The van der Waals surface area contributed by atoms with Crippen LogP contribution in [-0.2, 0) is 9.59 Å². The van der Waals surface area contributed by atoms with Gasteiger partial charge in [-0.05, 0) is 62.3 Å². The van der Waals surface area contributed by atoms with Crippen LogP contribution in [0.25, 0.3) is 0 Å². The molecule has 1 N–H and O–H groups in total. The fourth-order valence-corrected chi connectivity index (χ4v) is 3.58. The minimum absolute atomic E-state index is 0.00756. The smallest absolute Gasteiger partial charge is 0.240 e. The molecule has 1 aromatic carbocycles. The Kier molecular flexibility index (Phi) is 4.37. The van der Waals surface area contributed by atoms with Crippen molar-refractivity contribution in [3.05, 3.63) is 28.8 Å². The third kappa shape index (κ3) is 3.23. The van der Waals surface area contributed by atoms with Crippen molar-refractivity contribution < 1.29 is 9.59 Å². The third-order valence-corrected chi connectivity index (χ3v) is 5.21. The van der Waals surface area contributed by atoms with E-state index in [4.69, 9.17) is 11.6 Å². The van der Waals surface area contributed by atoms with Crippen LogP contribution >= 0.6 is 11.6 Å². The number of carbonyl (C=O) groups excluding carboxylic acids is 2. The molecule has 1 aliphatic carbocycles. The van der Waals surface area contributed by atoms with Gasteiger partial charge < -0.3 is 10.2 Å². The normalized spacial score (nSPS) is 22.6. The number of nitrogens with zero attached hydrogens (tertiary/aromatic N) is 1. The zero-order chi connectivity index (χ0) is 16.6. The summed E-state index contributed by atoms with van der Waals surface area (Å²) in [6, 6.07) is 5.35. The Morgan fingerprint density at radius 2 is 2.09 bits per heavy atom. The van der Waals surface area contributed by atoms with Crippen LogP contribution < -0.4 is 5.32 Å². The number of amides is 2. The average Bonchev–Trinajstić information content (AvgIpc) is 3.31. The van der Waals surface area contributed by atoms with Crippen molar-refractivity contribution in [1.82, 2.24) is 4.90 Å². The monoisotopic (exact) mass is 334 g/mol. The molecule has 1 saturated heterocycles. The molecule has 0 bridgehead atoms. The molecule has 0 aromatic heterocycles. The van der Waals surface area contributed by atoms with Gasteiger partial charge in [0.25, 0.3) is 0 Å². The molecule has 4 nitrogen and oxygen atoms in total. The van der Waals surface area contributed by atoms with Crippen LogP contribution in [0.4, 0.5) is 5.69 Å². The van der Waals surface area contributed by atoms with E-state index in [1.54, 1.807) is 12.1 Å². The Labute approximate surface area is 142 Å². The van der Waals surface area contributed by atoms with E-state index in [-0.39, 0.29) is 11.8 Å². The molecular weight excluding hydrogens is 312 g/mol. The summed E-state index contributed by atoms with van der Waals surface area (Å²) in [6.45, 7) is 5.61. The molecule has 124 valence electrons. The largest absolute Gasteiger partial charge is 0.342 e. The maximum Gasteiger partial charge on any atom is 0.240 e. The molecule has 1 atom stereocenters. The quantitative estimate of drug-likeness (QED) is 0.858. The number of anilines is 1. The SMILES string of the molecule is Cc1cc(Cl)ccc1NC(=O)C1(C(=O)N2CCCC(C)C2)CC1. The first-order valence-electron chi connectivity index (χ1n) is 8.29. The Bertz CT molecular complexity index is 640. The van der Waals surface area contributed by atoms with E-state index in [1.165, 1.54) is 0 Å². The second kappa shape index (κ2) is 6.16. The maximum absolute atomic E-state index is 12.8. The van der Waals surface area contributed by atoms with Gasteiger partial charge in [-0.2, -0.15) is 0 Å². The number of aryl methyl sites for hydroxylation is 1. The molecule has 0 radical (unpaired) electrons. The van der Waals surface area contributed by atoms with E-state index in [0.717, 1.165) is 37.2 Å². The summed E-state index contributed by atoms with van der Waals surface area (Å²) in [5.74, 6) is 0.351. The Morgan fingerprint density at radius 1 is 1.35 bits per heavy atom. The van der Waals surface area contributed by atoms with Crippen LogP contribution in [-0.4, -0.2) is 29.8 Å². The van der Waals surface area contributed by atoms with E-state index < -0.39 is 5.41 Å². The molecule has 0 spiro atoms. The molecule has 5 heteroatoms. The summed E-state index contributed by atoms with van der Waals surface area (Å²) >= 11 is 5.95. The molecule has 1 aliphatic heterocycles. The average molecular weight is 335 g/mol. The summed E-state index contributed by atoms with van der Waals surface area (Å²) in [7, 11) is 0. The third-order valence-electron chi connectivity index (χ3n) is 4.97. The van der Waals surface area contributed by atoms with Gasteiger partial charge in [0.1, 0.15) is 5.41 Å². The second-order valence-corrected chi connectivity index (χ2v) is 7.43. The molecule has 23 heavy (non-hydrogen) atoms. The lowest BCUT2D eigenvalue weighted by Gasteiger charge is -2.33. The van der Waals surface area contributed by atoms with Gasteiger partial charge in [0.05, 0.1) is 0 Å². The minimum atomic E-state index is -0.844. The molecule has 1 saturated carbocycles. The van der Waals surface area contributed by atoms with Crippen LogP contribution in [0.15, 0.2) is 18.2 Å². The Hall–Kier alpha value is -1.55. The van der Waals surface area contributed by atoms with Gasteiger partial charge in [-0.25, -0.2) is 0 Å². The summed E-state index contributed by atoms with van der Waals surface area (Å²) < 4.78 is 0. The van der Waals surface area contributed by atoms with Crippen LogP contribution in [0.3, 0.4) is 0 Å². The number of benzene rings is 1. The number of hydrogen-bond acceptors (Lipinski definition) is 2. The van der Waals surface area contributed by atoms with Crippen molar-refractivity contribution in [2.75, 3.05) is 18.4 Å². The molecule has 2 aliphatic rings. The summed E-state index contributed by atoms with van der Waals surface area (Å²) in [6.07, 6.45) is 3.48. The zero-order valence-corrected chi connectivity index (χ0v) is 14.4. The molecule has 1 aromatic rings. The Morgan fingerprint density at radius 3 is 2.70 bits per heavy atom. The van der Waals surface area contributed by atoms with E-state index in [1.807, 2.05) is 17.9 Å². The number of halogens is 1. The summed E-state index contributed by atoms with van der Waals surface area (Å²) in [5, 5.41) is 3.57. The van der Waals surface area contributed by atoms with Crippen molar-refractivity contribution in [3.63, 3.8) is 0 Å². The first-order chi connectivity index (χ1) is 10.9. The maximum atomic E-state index is 12.8. The highest BCUT2D eigenvalue weighted by Crippen LogP contribution is 2.48. The van der Waals surface area contributed by atoms with Crippen molar-refractivity contribution in [1.29, 1.82) is 0 Å². The number of hydrogen-bond donors (Lipinski definition) is 1. The van der Waals surface area contributed by atoms with E-state index in [2.05, 4.69) is 12.2 Å². The molecular formula is C18H23ClN2O2. The predicted octanol–water partition coefficient (Wildman–Crippen LogP) is 3.63. The number of carbonyl (C=O) groups is 2. The van der Waals surface area contributed by atoms with Gasteiger partial charge in [0.2, 0.25) is 11.8 Å². The highest BCUT2D eigenvalue weighted by Gasteiger charge is 2.58. The molecule has 1 heterocycles. The topological polar surface area (TPSA) is 49.4 Å². The van der Waals surface area contributed by atoms with Gasteiger partial charge in [-0.15, -0.1) is 0 Å². The van der Waals surface area contributed by atoms with Gasteiger partial charge in [-0.1, -0.05) is 18.5 Å². The van der Waals surface area contributed by atoms with E-state index in [9.17, 15) is 9.59 Å². The van der Waals surface area contributed by atoms with Gasteiger partial charge in [0.15, 0.2) is 0 Å². The number of rotatable bonds is 3. The summed E-state index contributed by atoms with van der Waals surface area (Å²) in [4.78, 5) is 27.4. The first-order valence-corrected chi connectivity index (χ1v) is 8.67. The van der Waals surface area contributed by atoms with Crippen molar-refractivity contribution >= 4 is 29.1 Å². The van der Waals surface area contributed by atoms with Crippen molar-refractivity contribution in [2.45, 2.75) is 39.5 Å². The second-order valence-electron chi connectivity index (χ2n) is 6.99. The molecule has 3 rings (SSSR count). The van der Waals surface area contributed by atoms with Crippen LogP contribution in [0.1, 0.15) is 38.2 Å². The van der Waals surface area contributed by atoms with Crippen LogP contribution in [0.2, 0.25) is 5.02 Å². The number of likely N-dealkylation sites (tertiary alicyclic amines) is 1. The molecule has 1 unspecified atom stereocenters. The van der Waals surface area contributed by atoms with Gasteiger partial charge >= 0.3 is 0 Å². The number of nitrogens with one attached hydrogen (secondary N) is 1. The lowest BCUT2D eigenvalue weighted by Crippen LogP contribution is -2.46. The highest BCUT2D eigenvalue weighted by molar-refractivity contribution is 6.30. The van der Waals surface area contributed by atoms with Gasteiger partial charge in [-0.3, -0.25) is 9.59 Å². The van der Waals surface area contributed by atoms with E-state index >= 15 is 0 Å². The van der Waals surface area contributed by atoms with Crippen molar-refractivity contribution in [3.8, 4) is 0 Å². The fourth-order valence-electron chi connectivity index (χ4n) is 3.35. The lowest BCUT2D eigenvalue weighted by atomic mass is 9.96. The predicted molar refractivity (Wildman–Crippen MR) is 91.5 cm³/mol. The molecule has 2 fully saturated rings. The Balaban J connectivity index is 1.72. The lowest BCUT2D eigenvalue weighted by molar-refractivity contribution is -0.143. The standard InChI is InChI=1S/C18H23ClN2O2/c1-12-4-3-9-21(11-12)17(23)18(7-8-18)16(22)20-15-6-5-14(19)10-13(15)2/h5-6,10,12H,3-4,7-9,11H2,1-2H3,(H,20,22). The summed E-state index contributed by atoms with van der Waals surface area (Å²) in [5.41, 5.74) is 0.787. The zero-order valence-electron chi connectivity index (χ0n) is 13.7. The highest BCUT2D eigenvalue weighted by atomic mass is 35.5. The van der Waals surface area contributed by atoms with Crippen LogP contribution in [0, 0.1) is 18.3 Å². The first kappa shape index (κ1) is 16.3. The molecule has 2 amide bonds. The van der Waals surface area contributed by atoms with Crippen LogP contribution in [0.5, 0.6) is 0 Å². The van der Waals surface area contributed by atoms with Gasteiger partial charge in [0, 0.05) is 23.8 Å². The minimum Gasteiger partial charge on any atom is -0.342 e. The van der Waals surface area contributed by atoms with E-state index in [0.29, 0.717) is 23.8 Å². The fraction of sp³-hybridized carbons (Fsp3) is 0.556. The van der Waals surface area contributed by atoms with Crippen molar-refractivity contribution in [2.24, 2.45) is 11.3 Å². The number of piperidine rings is 1.